The standard InChI is InChI=1S/C27H36ClN3O5S/c1-4-24(27(33)29-21-10-6-5-7-11-21)30(18-20-14-16-22(36-2)17-15-20)26(32)19-31(37(3,34)35)25-13-9-8-12-23(25)28/h8-9,12-17,21,24H,4-7,10-11,18-19H2,1-3H3,(H,29,33)/t24-/m1/s1. The number of nitrogens with zero attached hydrogens (tertiary/aromatic N) is 2. The lowest BCUT2D eigenvalue weighted by Crippen LogP contribution is -2.54. The van der Waals surface area contributed by atoms with Gasteiger partial charge >= 0.3 is 0 Å². The van der Waals surface area contributed by atoms with Crippen molar-refractivity contribution in [2.45, 2.75) is 64.1 Å². The van der Waals surface area contributed by atoms with Gasteiger partial charge in [-0.05, 0) is 49.1 Å². The lowest BCUT2D eigenvalue weighted by atomic mass is 9.95. The van der Waals surface area contributed by atoms with Crippen molar-refractivity contribution in [3.63, 3.8) is 0 Å². The second-order valence-corrected chi connectivity index (χ2v) is 11.7. The van der Waals surface area contributed by atoms with E-state index < -0.39 is 28.5 Å². The Hall–Kier alpha value is -2.78. The molecule has 0 aromatic heterocycles. The number of anilines is 1. The number of hydrogen-bond donors (Lipinski definition) is 1. The van der Waals surface area contributed by atoms with Gasteiger partial charge in [0.05, 0.1) is 24.1 Å². The largest absolute Gasteiger partial charge is 0.497 e. The van der Waals surface area contributed by atoms with E-state index in [1.54, 1.807) is 43.5 Å². The van der Waals surface area contributed by atoms with Gasteiger partial charge in [-0.1, -0.05) is 62.1 Å². The van der Waals surface area contributed by atoms with Crippen molar-refractivity contribution in [2.75, 3.05) is 24.2 Å². The molecule has 0 radical (unpaired) electrons. The summed E-state index contributed by atoms with van der Waals surface area (Å²) in [6.45, 7) is 1.51. The summed E-state index contributed by atoms with van der Waals surface area (Å²) in [5, 5.41) is 3.34. The first-order chi connectivity index (χ1) is 17.6. The smallest absolute Gasteiger partial charge is 0.244 e. The molecular weight excluding hydrogens is 514 g/mol. The highest BCUT2D eigenvalue weighted by molar-refractivity contribution is 7.92. The molecule has 1 saturated carbocycles. The molecule has 202 valence electrons. The van der Waals surface area contributed by atoms with Gasteiger partial charge in [-0.15, -0.1) is 0 Å². The molecule has 1 atom stereocenters. The quantitative estimate of drug-likeness (QED) is 0.449. The van der Waals surface area contributed by atoms with Crippen LogP contribution in [0.4, 0.5) is 5.69 Å². The number of hydrogen-bond acceptors (Lipinski definition) is 5. The van der Waals surface area contributed by atoms with Gasteiger partial charge in [-0.3, -0.25) is 13.9 Å². The maximum absolute atomic E-state index is 13.8. The maximum atomic E-state index is 13.8. The lowest BCUT2D eigenvalue weighted by molar-refractivity contribution is -0.140. The van der Waals surface area contributed by atoms with Crippen molar-refractivity contribution in [1.82, 2.24) is 10.2 Å². The highest BCUT2D eigenvalue weighted by Gasteiger charge is 2.33. The minimum Gasteiger partial charge on any atom is -0.497 e. The van der Waals surface area contributed by atoms with Gasteiger partial charge in [0.15, 0.2) is 0 Å². The van der Waals surface area contributed by atoms with E-state index in [2.05, 4.69) is 5.32 Å². The van der Waals surface area contributed by atoms with Crippen LogP contribution in [0.2, 0.25) is 5.02 Å². The summed E-state index contributed by atoms with van der Waals surface area (Å²) < 4.78 is 31.6. The number of carbonyl (C=O) groups is 2. The summed E-state index contributed by atoms with van der Waals surface area (Å²) >= 11 is 6.29. The number of amides is 2. The van der Waals surface area contributed by atoms with E-state index in [0.29, 0.717) is 12.2 Å². The van der Waals surface area contributed by atoms with Crippen molar-refractivity contribution in [2.24, 2.45) is 0 Å². The maximum Gasteiger partial charge on any atom is 0.244 e. The van der Waals surface area contributed by atoms with Crippen molar-refractivity contribution < 1.29 is 22.7 Å². The van der Waals surface area contributed by atoms with Crippen LogP contribution in [0.5, 0.6) is 5.75 Å². The Balaban J connectivity index is 1.92. The Morgan fingerprint density at radius 1 is 1.08 bits per heavy atom. The van der Waals surface area contributed by atoms with Crippen LogP contribution in [0.15, 0.2) is 48.5 Å². The molecule has 1 fully saturated rings. The summed E-state index contributed by atoms with van der Waals surface area (Å²) in [5.41, 5.74) is 1.01. The molecule has 0 spiro atoms. The minimum absolute atomic E-state index is 0.0869. The Bertz CT molecular complexity index is 1170. The molecule has 0 heterocycles. The molecule has 8 nitrogen and oxygen atoms in total. The molecule has 0 saturated heterocycles. The minimum atomic E-state index is -3.84. The highest BCUT2D eigenvalue weighted by atomic mass is 35.5. The molecule has 2 aromatic carbocycles. The molecule has 2 aromatic rings. The Labute approximate surface area is 225 Å². The number of ether oxygens (including phenoxy) is 1. The monoisotopic (exact) mass is 549 g/mol. The summed E-state index contributed by atoms with van der Waals surface area (Å²) in [7, 11) is -2.27. The van der Waals surface area contributed by atoms with Crippen LogP contribution in [0.25, 0.3) is 0 Å². The molecule has 0 bridgehead atoms. The van der Waals surface area contributed by atoms with E-state index in [0.717, 1.165) is 48.2 Å². The number of halogens is 1. The number of para-hydroxylation sites is 1. The van der Waals surface area contributed by atoms with Crippen LogP contribution < -0.4 is 14.4 Å². The van der Waals surface area contributed by atoms with Crippen molar-refractivity contribution in [3.8, 4) is 5.75 Å². The predicted molar refractivity (Wildman–Crippen MR) is 146 cm³/mol. The van der Waals surface area contributed by atoms with Gasteiger partial charge in [0.2, 0.25) is 21.8 Å². The topological polar surface area (TPSA) is 96.0 Å². The summed E-state index contributed by atoms with van der Waals surface area (Å²) in [6.07, 6.45) is 6.55. The van der Waals surface area contributed by atoms with Crippen LogP contribution in [0, 0.1) is 0 Å². The van der Waals surface area contributed by atoms with Crippen molar-refractivity contribution in [1.29, 1.82) is 0 Å². The predicted octanol–water partition coefficient (Wildman–Crippen LogP) is 4.37. The van der Waals surface area contributed by atoms with Gasteiger partial charge in [-0.2, -0.15) is 0 Å². The van der Waals surface area contributed by atoms with Crippen LogP contribution >= 0.6 is 11.6 Å². The fourth-order valence-electron chi connectivity index (χ4n) is 4.64. The second kappa shape index (κ2) is 13.1. The normalized spacial score (nSPS) is 15.0. The van der Waals surface area contributed by atoms with Gasteiger partial charge in [0.1, 0.15) is 18.3 Å². The van der Waals surface area contributed by atoms with E-state index in [4.69, 9.17) is 16.3 Å². The average Bonchev–Trinajstić information content (AvgIpc) is 2.88. The molecule has 1 aliphatic carbocycles. The molecule has 0 aliphatic heterocycles. The summed E-state index contributed by atoms with van der Waals surface area (Å²) in [6, 6.07) is 13.0. The van der Waals surface area contributed by atoms with Crippen molar-refractivity contribution in [3.05, 3.63) is 59.1 Å². The molecule has 0 unspecified atom stereocenters. The van der Waals surface area contributed by atoms with Crippen molar-refractivity contribution >= 4 is 39.1 Å². The van der Waals surface area contributed by atoms with E-state index >= 15 is 0 Å². The van der Waals surface area contributed by atoms with Crippen LogP contribution in [0.1, 0.15) is 51.0 Å². The molecule has 10 heteroatoms. The molecule has 1 N–H and O–H groups in total. The fourth-order valence-corrected chi connectivity index (χ4v) is 5.79. The first-order valence-corrected chi connectivity index (χ1v) is 14.8. The third-order valence-corrected chi connectivity index (χ3v) is 8.10. The van der Waals surface area contributed by atoms with Crippen LogP contribution in [-0.4, -0.2) is 57.1 Å². The molecule has 3 rings (SSSR count). The Morgan fingerprint density at radius 3 is 2.30 bits per heavy atom. The van der Waals surface area contributed by atoms with E-state index in [9.17, 15) is 18.0 Å². The van der Waals surface area contributed by atoms with Gasteiger partial charge < -0.3 is 15.0 Å². The van der Waals surface area contributed by atoms with Gasteiger partial charge in [0.25, 0.3) is 0 Å². The molecule has 2 amide bonds. The van der Waals surface area contributed by atoms with E-state index in [-0.39, 0.29) is 29.2 Å². The number of nitrogens with one attached hydrogen (secondary N) is 1. The number of benzene rings is 2. The highest BCUT2D eigenvalue weighted by Crippen LogP contribution is 2.28. The first-order valence-electron chi connectivity index (χ1n) is 12.6. The van der Waals surface area contributed by atoms with Gasteiger partial charge in [-0.25, -0.2) is 8.42 Å². The molecule has 1 aliphatic rings. The third-order valence-electron chi connectivity index (χ3n) is 6.65. The van der Waals surface area contributed by atoms with E-state index in [1.807, 2.05) is 19.1 Å². The zero-order valence-corrected chi connectivity index (χ0v) is 23.2. The summed E-state index contributed by atoms with van der Waals surface area (Å²) in [5.74, 6) is -0.0441. The zero-order chi connectivity index (χ0) is 27.0. The third kappa shape index (κ3) is 7.85. The SMILES string of the molecule is CC[C@H](C(=O)NC1CCCCC1)N(Cc1ccc(OC)cc1)C(=O)CN(c1ccccc1Cl)S(C)(=O)=O. The Kier molecular flexibility index (Phi) is 10.2. The molecule has 37 heavy (non-hydrogen) atoms. The number of sulfonamides is 1. The fraction of sp³-hybridized carbons (Fsp3) is 0.481. The summed E-state index contributed by atoms with van der Waals surface area (Å²) in [4.78, 5) is 28.7. The van der Waals surface area contributed by atoms with Crippen LogP contribution in [0.3, 0.4) is 0 Å². The number of rotatable bonds is 11. The average molecular weight is 550 g/mol. The lowest BCUT2D eigenvalue weighted by Gasteiger charge is -2.34. The van der Waals surface area contributed by atoms with Crippen LogP contribution in [-0.2, 0) is 26.2 Å². The molecular formula is C27H36ClN3O5S. The first kappa shape index (κ1) is 28.8. The van der Waals surface area contributed by atoms with Gasteiger partial charge in [0, 0.05) is 12.6 Å². The number of methoxy groups -OCH3 is 1. The second-order valence-electron chi connectivity index (χ2n) is 9.36. The number of carbonyl (C=O) groups excluding carboxylic acids is 2. The van der Waals surface area contributed by atoms with E-state index in [1.165, 1.54) is 4.90 Å². The zero-order valence-electron chi connectivity index (χ0n) is 21.7. The Morgan fingerprint density at radius 2 is 1.73 bits per heavy atom.